The Balaban J connectivity index is 2.15. The van der Waals surface area contributed by atoms with E-state index >= 15 is 0 Å². The van der Waals surface area contributed by atoms with Crippen LogP contribution >= 0.6 is 0 Å². The van der Waals surface area contributed by atoms with Crippen LogP contribution in [0.5, 0.6) is 5.75 Å². The van der Waals surface area contributed by atoms with Crippen molar-refractivity contribution in [2.75, 3.05) is 0 Å². The maximum absolute atomic E-state index is 12.0. The summed E-state index contributed by atoms with van der Waals surface area (Å²) in [6, 6.07) is 13.6. The topological polar surface area (TPSA) is 86.2 Å². The number of hydrogen-bond donors (Lipinski definition) is 3. The lowest BCUT2D eigenvalue weighted by Crippen LogP contribution is -2.12. The van der Waals surface area contributed by atoms with E-state index < -0.39 is 5.56 Å². The lowest BCUT2D eigenvalue weighted by atomic mass is 10.1. The Kier molecular flexibility index (Phi) is 3.16. The van der Waals surface area contributed by atoms with Gasteiger partial charge in [-0.25, -0.2) is 4.98 Å². The third kappa shape index (κ3) is 2.49. The molecule has 3 rings (SSSR count). The summed E-state index contributed by atoms with van der Waals surface area (Å²) in [4.78, 5) is 18.7. The monoisotopic (exact) mass is 280 g/mol. The van der Waals surface area contributed by atoms with Crippen LogP contribution in [0.3, 0.4) is 0 Å². The molecule has 1 aromatic heterocycles. The van der Waals surface area contributed by atoms with Crippen LogP contribution in [0.25, 0.3) is 22.9 Å². The van der Waals surface area contributed by atoms with E-state index in [2.05, 4.69) is 9.97 Å². The molecule has 2 aromatic carbocycles. The molecular weight excluding hydrogens is 268 g/mol. The molecule has 0 aliphatic carbocycles. The van der Waals surface area contributed by atoms with E-state index in [0.29, 0.717) is 11.1 Å². The van der Waals surface area contributed by atoms with Gasteiger partial charge in [0.2, 0.25) is 0 Å². The summed E-state index contributed by atoms with van der Waals surface area (Å²) in [5, 5.41) is 19.8. The number of aromatic amines is 1. The SMILES string of the molecule is O=c1[nH]c2cccc(O)c2nc1C=C(O)c1ccccc1. The van der Waals surface area contributed by atoms with Gasteiger partial charge in [0.05, 0.1) is 5.52 Å². The van der Waals surface area contributed by atoms with Crippen molar-refractivity contribution < 1.29 is 10.2 Å². The number of aliphatic hydroxyl groups excluding tert-OH is 1. The molecular formula is C16H12N2O3. The number of fused-ring (bicyclic) bond motifs is 1. The average Bonchev–Trinajstić information content (AvgIpc) is 2.50. The lowest BCUT2D eigenvalue weighted by Gasteiger charge is -2.02. The Bertz CT molecular complexity index is 883. The fraction of sp³-hybridized carbons (Fsp3) is 0. The Hall–Kier alpha value is -3.08. The number of rotatable bonds is 2. The standard InChI is InChI=1S/C16H12N2O3/c19-13-8-4-7-11-15(13)17-12(16(21)18-11)9-14(20)10-5-2-1-3-6-10/h1-9,19-20H,(H,18,21). The number of aromatic nitrogens is 2. The molecule has 0 saturated heterocycles. The predicted molar refractivity (Wildman–Crippen MR) is 81.0 cm³/mol. The highest BCUT2D eigenvalue weighted by atomic mass is 16.3. The lowest BCUT2D eigenvalue weighted by molar-refractivity contribution is 0.480. The number of phenols is 1. The second kappa shape index (κ2) is 5.13. The maximum Gasteiger partial charge on any atom is 0.274 e. The van der Waals surface area contributed by atoms with Crippen molar-refractivity contribution in [2.45, 2.75) is 0 Å². The minimum Gasteiger partial charge on any atom is -0.507 e. The Morgan fingerprint density at radius 2 is 1.86 bits per heavy atom. The molecule has 0 aliphatic heterocycles. The van der Waals surface area contributed by atoms with Crippen LogP contribution in [-0.2, 0) is 0 Å². The Morgan fingerprint density at radius 3 is 2.62 bits per heavy atom. The van der Waals surface area contributed by atoms with Gasteiger partial charge in [0.1, 0.15) is 22.7 Å². The number of benzene rings is 2. The van der Waals surface area contributed by atoms with Crippen LogP contribution in [0.4, 0.5) is 0 Å². The van der Waals surface area contributed by atoms with E-state index in [4.69, 9.17) is 0 Å². The van der Waals surface area contributed by atoms with Gasteiger partial charge in [-0.3, -0.25) is 4.79 Å². The number of nitrogens with zero attached hydrogens (tertiary/aromatic N) is 1. The number of aromatic hydroxyl groups is 1. The minimum atomic E-state index is -0.435. The quantitative estimate of drug-likeness (QED) is 0.630. The molecule has 3 N–H and O–H groups in total. The van der Waals surface area contributed by atoms with Gasteiger partial charge in [-0.1, -0.05) is 36.4 Å². The zero-order valence-corrected chi connectivity index (χ0v) is 10.9. The van der Waals surface area contributed by atoms with Gasteiger partial charge in [-0.15, -0.1) is 0 Å². The largest absolute Gasteiger partial charge is 0.507 e. The van der Waals surface area contributed by atoms with Crippen molar-refractivity contribution in [1.29, 1.82) is 0 Å². The van der Waals surface area contributed by atoms with Crippen molar-refractivity contribution in [3.63, 3.8) is 0 Å². The molecule has 5 nitrogen and oxygen atoms in total. The average molecular weight is 280 g/mol. The predicted octanol–water partition coefficient (Wildman–Crippen LogP) is 2.68. The number of para-hydroxylation sites is 1. The fourth-order valence-electron chi connectivity index (χ4n) is 2.03. The molecule has 5 heteroatoms. The zero-order valence-electron chi connectivity index (χ0n) is 10.9. The Labute approximate surface area is 119 Å². The first-order valence-electron chi connectivity index (χ1n) is 6.33. The molecule has 0 unspecified atom stereocenters. The number of nitrogens with one attached hydrogen (secondary N) is 1. The van der Waals surface area contributed by atoms with Crippen LogP contribution in [-0.4, -0.2) is 20.2 Å². The smallest absolute Gasteiger partial charge is 0.274 e. The molecule has 21 heavy (non-hydrogen) atoms. The number of aliphatic hydroxyl groups is 1. The molecule has 0 saturated carbocycles. The summed E-state index contributed by atoms with van der Waals surface area (Å²) < 4.78 is 0. The van der Waals surface area contributed by atoms with E-state index in [1.165, 1.54) is 12.1 Å². The summed E-state index contributed by atoms with van der Waals surface area (Å²) in [5.74, 6) is -0.0963. The number of phenolic OH excluding ortho intramolecular Hbond substituents is 1. The van der Waals surface area contributed by atoms with Crippen LogP contribution in [0.15, 0.2) is 53.3 Å². The molecule has 0 fully saturated rings. The zero-order chi connectivity index (χ0) is 14.8. The van der Waals surface area contributed by atoms with Gasteiger partial charge in [0, 0.05) is 11.6 Å². The highest BCUT2D eigenvalue weighted by Gasteiger charge is 2.07. The van der Waals surface area contributed by atoms with Crippen molar-refractivity contribution >= 4 is 22.9 Å². The molecule has 0 bridgehead atoms. The van der Waals surface area contributed by atoms with Gasteiger partial charge in [-0.2, -0.15) is 0 Å². The summed E-state index contributed by atoms with van der Waals surface area (Å²) >= 11 is 0. The molecule has 104 valence electrons. The fourth-order valence-corrected chi connectivity index (χ4v) is 2.03. The second-order valence-electron chi connectivity index (χ2n) is 4.52. The van der Waals surface area contributed by atoms with Crippen LogP contribution in [0.1, 0.15) is 11.3 Å². The molecule has 1 heterocycles. The summed E-state index contributed by atoms with van der Waals surface area (Å²) in [5.41, 5.74) is 0.901. The molecule has 0 radical (unpaired) electrons. The third-order valence-corrected chi connectivity index (χ3v) is 3.07. The van der Waals surface area contributed by atoms with Crippen LogP contribution < -0.4 is 5.56 Å². The van der Waals surface area contributed by atoms with Gasteiger partial charge in [0.15, 0.2) is 0 Å². The van der Waals surface area contributed by atoms with E-state index in [9.17, 15) is 15.0 Å². The van der Waals surface area contributed by atoms with Gasteiger partial charge in [-0.05, 0) is 12.1 Å². The highest BCUT2D eigenvalue weighted by Crippen LogP contribution is 2.20. The first-order chi connectivity index (χ1) is 10.1. The number of H-pyrrole nitrogens is 1. The van der Waals surface area contributed by atoms with Gasteiger partial charge >= 0.3 is 0 Å². The Morgan fingerprint density at radius 1 is 1.10 bits per heavy atom. The molecule has 0 amide bonds. The first-order valence-corrected chi connectivity index (χ1v) is 6.33. The van der Waals surface area contributed by atoms with Crippen molar-refractivity contribution in [3.05, 3.63) is 70.1 Å². The molecule has 0 aliphatic rings. The first kappa shape index (κ1) is 12.9. The van der Waals surface area contributed by atoms with Crippen LogP contribution in [0.2, 0.25) is 0 Å². The number of hydrogen-bond acceptors (Lipinski definition) is 4. The summed E-state index contributed by atoms with van der Waals surface area (Å²) in [6.07, 6.45) is 1.28. The van der Waals surface area contributed by atoms with Crippen molar-refractivity contribution in [1.82, 2.24) is 9.97 Å². The normalized spacial score (nSPS) is 11.7. The molecule has 0 spiro atoms. The van der Waals surface area contributed by atoms with E-state index in [1.807, 2.05) is 6.07 Å². The van der Waals surface area contributed by atoms with Gasteiger partial charge in [0.25, 0.3) is 5.56 Å². The van der Waals surface area contributed by atoms with Crippen molar-refractivity contribution in [2.24, 2.45) is 0 Å². The highest BCUT2D eigenvalue weighted by molar-refractivity contribution is 5.83. The maximum atomic E-state index is 12.0. The molecule has 0 atom stereocenters. The molecule has 3 aromatic rings. The van der Waals surface area contributed by atoms with E-state index in [0.717, 1.165) is 0 Å². The van der Waals surface area contributed by atoms with E-state index in [1.54, 1.807) is 36.4 Å². The van der Waals surface area contributed by atoms with E-state index in [-0.39, 0.29) is 22.7 Å². The second-order valence-corrected chi connectivity index (χ2v) is 4.52. The third-order valence-electron chi connectivity index (χ3n) is 3.07. The summed E-state index contributed by atoms with van der Waals surface area (Å²) in [6.45, 7) is 0. The van der Waals surface area contributed by atoms with Gasteiger partial charge < -0.3 is 15.2 Å². The minimum absolute atomic E-state index is 0.0300. The van der Waals surface area contributed by atoms with Crippen molar-refractivity contribution in [3.8, 4) is 5.75 Å². The summed E-state index contributed by atoms with van der Waals surface area (Å²) in [7, 11) is 0. The van der Waals surface area contributed by atoms with Crippen LogP contribution in [0, 0.1) is 0 Å².